The van der Waals surface area contributed by atoms with E-state index in [1.807, 2.05) is 0 Å². The van der Waals surface area contributed by atoms with E-state index in [-0.39, 0.29) is 12.5 Å². The van der Waals surface area contributed by atoms with Gasteiger partial charge in [0.25, 0.3) is 0 Å². The molecule has 0 radical (unpaired) electrons. The quantitative estimate of drug-likeness (QED) is 0.774. The normalized spacial score (nSPS) is 16.9. The SMILES string of the molecule is Nc1cnn(CC(=O)NCC2CCOCC2)c1. The zero-order valence-electron chi connectivity index (χ0n) is 9.76. The van der Waals surface area contributed by atoms with Gasteiger partial charge in [-0.05, 0) is 18.8 Å². The Balaban J connectivity index is 1.70. The van der Waals surface area contributed by atoms with E-state index >= 15 is 0 Å². The molecule has 0 saturated carbocycles. The van der Waals surface area contributed by atoms with Gasteiger partial charge in [-0.3, -0.25) is 9.48 Å². The Morgan fingerprint density at radius 1 is 1.59 bits per heavy atom. The van der Waals surface area contributed by atoms with Crippen LogP contribution in [-0.2, 0) is 16.1 Å². The summed E-state index contributed by atoms with van der Waals surface area (Å²) in [6.07, 6.45) is 5.23. The maximum atomic E-state index is 11.6. The summed E-state index contributed by atoms with van der Waals surface area (Å²) in [5.41, 5.74) is 6.09. The number of carbonyl (C=O) groups is 1. The number of nitrogens with one attached hydrogen (secondary N) is 1. The molecular weight excluding hydrogens is 220 g/mol. The van der Waals surface area contributed by atoms with E-state index in [0.717, 1.165) is 32.6 Å². The minimum Gasteiger partial charge on any atom is -0.396 e. The Kier molecular flexibility index (Phi) is 3.98. The lowest BCUT2D eigenvalue weighted by Gasteiger charge is -2.22. The van der Waals surface area contributed by atoms with Gasteiger partial charge in [-0.25, -0.2) is 0 Å². The van der Waals surface area contributed by atoms with E-state index in [9.17, 15) is 4.79 Å². The van der Waals surface area contributed by atoms with Crippen LogP contribution in [0.1, 0.15) is 12.8 Å². The molecule has 1 amide bonds. The fraction of sp³-hybridized carbons (Fsp3) is 0.636. The number of ether oxygens (including phenoxy) is 1. The summed E-state index contributed by atoms with van der Waals surface area (Å²) >= 11 is 0. The molecular formula is C11H18N4O2. The van der Waals surface area contributed by atoms with Crippen molar-refractivity contribution in [1.82, 2.24) is 15.1 Å². The van der Waals surface area contributed by atoms with Gasteiger partial charge >= 0.3 is 0 Å². The molecule has 17 heavy (non-hydrogen) atoms. The van der Waals surface area contributed by atoms with E-state index < -0.39 is 0 Å². The molecule has 0 unspecified atom stereocenters. The maximum Gasteiger partial charge on any atom is 0.241 e. The first-order valence-corrected chi connectivity index (χ1v) is 5.86. The smallest absolute Gasteiger partial charge is 0.241 e. The predicted molar refractivity (Wildman–Crippen MR) is 63.2 cm³/mol. The van der Waals surface area contributed by atoms with Crippen molar-refractivity contribution in [2.24, 2.45) is 5.92 Å². The molecule has 1 aliphatic rings. The number of nitrogen functional groups attached to an aromatic ring is 1. The van der Waals surface area contributed by atoms with Gasteiger partial charge in [0, 0.05) is 26.0 Å². The number of carbonyl (C=O) groups excluding carboxylic acids is 1. The minimum atomic E-state index is -0.0282. The van der Waals surface area contributed by atoms with Crippen molar-refractivity contribution in [2.75, 3.05) is 25.5 Å². The van der Waals surface area contributed by atoms with Crippen LogP contribution in [0.25, 0.3) is 0 Å². The van der Waals surface area contributed by atoms with Crippen molar-refractivity contribution in [3.05, 3.63) is 12.4 Å². The Labute approximate surface area is 100 Å². The molecule has 0 aliphatic carbocycles. The summed E-state index contributed by atoms with van der Waals surface area (Å²) in [4.78, 5) is 11.6. The summed E-state index contributed by atoms with van der Waals surface area (Å²) < 4.78 is 6.80. The molecule has 2 heterocycles. The van der Waals surface area contributed by atoms with Gasteiger partial charge in [-0.1, -0.05) is 0 Å². The predicted octanol–water partition coefficient (Wildman–Crippen LogP) is 0.00810. The van der Waals surface area contributed by atoms with Crippen LogP contribution in [0, 0.1) is 5.92 Å². The third-order valence-electron chi connectivity index (χ3n) is 2.89. The standard InChI is InChI=1S/C11H18N4O2/c12-10-6-14-15(7-10)8-11(16)13-5-9-1-3-17-4-2-9/h6-7,9H,1-5,8,12H2,(H,13,16). The summed E-state index contributed by atoms with van der Waals surface area (Å²) in [7, 11) is 0. The van der Waals surface area contributed by atoms with Crippen molar-refractivity contribution in [3.63, 3.8) is 0 Å². The highest BCUT2D eigenvalue weighted by Gasteiger charge is 2.14. The monoisotopic (exact) mass is 238 g/mol. The third kappa shape index (κ3) is 3.74. The van der Waals surface area contributed by atoms with Crippen LogP contribution in [0.15, 0.2) is 12.4 Å². The first-order chi connectivity index (χ1) is 8.24. The number of anilines is 1. The lowest BCUT2D eigenvalue weighted by Crippen LogP contribution is -2.34. The first kappa shape index (κ1) is 11.9. The van der Waals surface area contributed by atoms with Crippen molar-refractivity contribution in [3.8, 4) is 0 Å². The van der Waals surface area contributed by atoms with Crippen molar-refractivity contribution in [1.29, 1.82) is 0 Å². The van der Waals surface area contributed by atoms with Gasteiger partial charge in [0.05, 0.1) is 11.9 Å². The van der Waals surface area contributed by atoms with Crippen LogP contribution in [0.2, 0.25) is 0 Å². The molecule has 0 atom stereocenters. The van der Waals surface area contributed by atoms with E-state index in [0.29, 0.717) is 11.6 Å². The zero-order valence-corrected chi connectivity index (χ0v) is 9.76. The lowest BCUT2D eigenvalue weighted by molar-refractivity contribution is -0.122. The molecule has 1 aromatic heterocycles. The van der Waals surface area contributed by atoms with Crippen molar-refractivity contribution >= 4 is 11.6 Å². The van der Waals surface area contributed by atoms with Crippen LogP contribution >= 0.6 is 0 Å². The fourth-order valence-corrected chi connectivity index (χ4v) is 1.88. The molecule has 1 fully saturated rings. The zero-order chi connectivity index (χ0) is 12.1. The topological polar surface area (TPSA) is 82.2 Å². The number of amides is 1. The number of nitrogens with two attached hydrogens (primary N) is 1. The second kappa shape index (κ2) is 5.67. The highest BCUT2D eigenvalue weighted by Crippen LogP contribution is 2.13. The summed E-state index contributed by atoms with van der Waals surface area (Å²) in [5, 5.41) is 6.88. The number of rotatable bonds is 4. The Bertz CT molecular complexity index is 371. The van der Waals surface area contributed by atoms with Crippen LogP contribution in [0.5, 0.6) is 0 Å². The highest BCUT2D eigenvalue weighted by molar-refractivity contribution is 5.75. The van der Waals surface area contributed by atoms with Crippen LogP contribution in [-0.4, -0.2) is 35.4 Å². The van der Waals surface area contributed by atoms with E-state index in [1.54, 1.807) is 6.20 Å². The molecule has 94 valence electrons. The van der Waals surface area contributed by atoms with Gasteiger partial charge in [-0.2, -0.15) is 5.10 Å². The molecule has 1 saturated heterocycles. The Morgan fingerprint density at radius 3 is 3.00 bits per heavy atom. The molecule has 1 aliphatic heterocycles. The lowest BCUT2D eigenvalue weighted by atomic mass is 10.0. The summed E-state index contributed by atoms with van der Waals surface area (Å²) in [6.45, 7) is 2.55. The number of aromatic nitrogens is 2. The van der Waals surface area contributed by atoms with Crippen LogP contribution in [0.3, 0.4) is 0 Å². The van der Waals surface area contributed by atoms with Gasteiger partial charge < -0.3 is 15.8 Å². The highest BCUT2D eigenvalue weighted by atomic mass is 16.5. The molecule has 0 bridgehead atoms. The molecule has 1 aromatic rings. The van der Waals surface area contributed by atoms with Crippen molar-refractivity contribution in [2.45, 2.75) is 19.4 Å². The van der Waals surface area contributed by atoms with E-state index in [2.05, 4.69) is 10.4 Å². The van der Waals surface area contributed by atoms with Crippen molar-refractivity contribution < 1.29 is 9.53 Å². The fourth-order valence-electron chi connectivity index (χ4n) is 1.88. The van der Waals surface area contributed by atoms with E-state index in [4.69, 9.17) is 10.5 Å². The van der Waals surface area contributed by atoms with Gasteiger partial charge in [0.2, 0.25) is 5.91 Å². The first-order valence-electron chi connectivity index (χ1n) is 5.86. The van der Waals surface area contributed by atoms with Gasteiger partial charge in [-0.15, -0.1) is 0 Å². The number of nitrogens with zero attached hydrogens (tertiary/aromatic N) is 2. The van der Waals surface area contributed by atoms with Crippen LogP contribution < -0.4 is 11.1 Å². The average Bonchev–Trinajstić information content (AvgIpc) is 2.73. The minimum absolute atomic E-state index is 0.0282. The number of hydrogen-bond donors (Lipinski definition) is 2. The summed E-state index contributed by atoms with van der Waals surface area (Å²) in [5.74, 6) is 0.509. The molecule has 2 rings (SSSR count). The Hall–Kier alpha value is -1.56. The largest absolute Gasteiger partial charge is 0.396 e. The van der Waals surface area contributed by atoms with E-state index in [1.165, 1.54) is 10.9 Å². The van der Waals surface area contributed by atoms with Gasteiger partial charge in [0.15, 0.2) is 0 Å². The molecule has 0 spiro atoms. The molecule has 0 aromatic carbocycles. The average molecular weight is 238 g/mol. The van der Waals surface area contributed by atoms with Crippen LogP contribution in [0.4, 0.5) is 5.69 Å². The Morgan fingerprint density at radius 2 is 2.35 bits per heavy atom. The summed E-state index contributed by atoms with van der Waals surface area (Å²) in [6, 6.07) is 0. The second-order valence-corrected chi connectivity index (χ2v) is 4.33. The molecule has 3 N–H and O–H groups in total. The third-order valence-corrected chi connectivity index (χ3v) is 2.89. The molecule has 6 nitrogen and oxygen atoms in total. The number of hydrogen-bond acceptors (Lipinski definition) is 4. The maximum absolute atomic E-state index is 11.6. The second-order valence-electron chi connectivity index (χ2n) is 4.33. The molecule has 6 heteroatoms. The van der Waals surface area contributed by atoms with Gasteiger partial charge in [0.1, 0.15) is 6.54 Å².